The van der Waals surface area contributed by atoms with Gasteiger partial charge < -0.3 is 9.64 Å². The Morgan fingerprint density at radius 3 is 2.73 bits per heavy atom. The van der Waals surface area contributed by atoms with Crippen LogP contribution in [0.2, 0.25) is 0 Å². The van der Waals surface area contributed by atoms with Gasteiger partial charge in [-0.1, -0.05) is 12.1 Å². The number of hydrogen-bond acceptors (Lipinski definition) is 5. The van der Waals surface area contributed by atoms with Crippen molar-refractivity contribution in [3.63, 3.8) is 0 Å². The molecule has 1 amide bonds. The minimum absolute atomic E-state index is 0. The van der Waals surface area contributed by atoms with E-state index >= 15 is 0 Å². The molecule has 140 valence electrons. The molecule has 2 aromatic rings. The number of piperazine rings is 1. The van der Waals surface area contributed by atoms with Crippen LogP contribution in [-0.4, -0.2) is 54.0 Å². The van der Waals surface area contributed by atoms with Gasteiger partial charge in [0.15, 0.2) is 0 Å². The van der Waals surface area contributed by atoms with Crippen LogP contribution in [0, 0.1) is 5.92 Å². The lowest BCUT2D eigenvalue weighted by atomic mass is 10.2. The number of rotatable bonds is 5. The summed E-state index contributed by atoms with van der Waals surface area (Å²) >= 11 is 1.70. The molecule has 7 heteroatoms. The van der Waals surface area contributed by atoms with Gasteiger partial charge in [0.2, 0.25) is 5.91 Å². The minimum atomic E-state index is 0. The van der Waals surface area contributed by atoms with Crippen LogP contribution < -0.4 is 4.74 Å². The molecular formula is C19H24ClN3O2S. The lowest BCUT2D eigenvalue weighted by Crippen LogP contribution is -2.48. The highest BCUT2D eigenvalue weighted by Crippen LogP contribution is 2.31. The van der Waals surface area contributed by atoms with Gasteiger partial charge in [-0.2, -0.15) is 0 Å². The predicted molar refractivity (Wildman–Crippen MR) is 106 cm³/mol. The molecule has 1 aromatic carbocycles. The molecule has 2 fully saturated rings. The summed E-state index contributed by atoms with van der Waals surface area (Å²) in [5.41, 5.74) is 2.09. The Labute approximate surface area is 164 Å². The van der Waals surface area contributed by atoms with Crippen molar-refractivity contribution >= 4 is 29.7 Å². The lowest BCUT2D eigenvalue weighted by Gasteiger charge is -2.34. The number of halogens is 1. The van der Waals surface area contributed by atoms with Gasteiger partial charge in [0.05, 0.1) is 19.3 Å². The van der Waals surface area contributed by atoms with E-state index in [-0.39, 0.29) is 12.4 Å². The fourth-order valence-electron chi connectivity index (χ4n) is 3.20. The molecule has 26 heavy (non-hydrogen) atoms. The summed E-state index contributed by atoms with van der Waals surface area (Å²) in [5.74, 6) is 1.55. The Morgan fingerprint density at radius 2 is 2.04 bits per heavy atom. The van der Waals surface area contributed by atoms with Crippen molar-refractivity contribution in [3.05, 3.63) is 34.7 Å². The predicted octanol–water partition coefficient (Wildman–Crippen LogP) is 3.29. The van der Waals surface area contributed by atoms with Gasteiger partial charge in [0.25, 0.3) is 0 Å². The highest BCUT2D eigenvalue weighted by atomic mass is 35.5. The number of methoxy groups -OCH3 is 1. The Balaban J connectivity index is 0.00000196. The van der Waals surface area contributed by atoms with E-state index in [2.05, 4.69) is 16.3 Å². The molecule has 2 heterocycles. The van der Waals surface area contributed by atoms with E-state index in [4.69, 9.17) is 9.72 Å². The standard InChI is InChI=1S/C19H23N3O2S.ClH/c1-24-16-4-2-3-15(11-16)17-13-25-18(20-17)12-21-7-9-22(10-8-21)19(23)14-5-6-14;/h2-4,11,13-14H,5-10,12H2,1H3;1H. The van der Waals surface area contributed by atoms with E-state index < -0.39 is 0 Å². The maximum Gasteiger partial charge on any atom is 0.225 e. The molecule has 1 aromatic heterocycles. The van der Waals surface area contributed by atoms with Gasteiger partial charge in [-0.05, 0) is 25.0 Å². The smallest absolute Gasteiger partial charge is 0.225 e. The first kappa shape index (κ1) is 19.1. The Kier molecular flexibility index (Phi) is 6.16. The zero-order valence-corrected chi connectivity index (χ0v) is 16.5. The average molecular weight is 394 g/mol. The van der Waals surface area contributed by atoms with Crippen molar-refractivity contribution < 1.29 is 9.53 Å². The maximum absolute atomic E-state index is 12.1. The normalized spacial score (nSPS) is 17.7. The summed E-state index contributed by atoms with van der Waals surface area (Å²) in [5, 5.41) is 3.23. The molecular weight excluding hydrogens is 370 g/mol. The second-order valence-corrected chi connectivity index (χ2v) is 7.68. The summed E-state index contributed by atoms with van der Waals surface area (Å²) in [6.45, 7) is 4.44. The van der Waals surface area contributed by atoms with Crippen LogP contribution in [0.1, 0.15) is 17.8 Å². The van der Waals surface area contributed by atoms with Crippen LogP contribution >= 0.6 is 23.7 Å². The van der Waals surface area contributed by atoms with Gasteiger partial charge in [-0.15, -0.1) is 23.7 Å². The Morgan fingerprint density at radius 1 is 1.27 bits per heavy atom. The lowest BCUT2D eigenvalue weighted by molar-refractivity contribution is -0.134. The van der Waals surface area contributed by atoms with Crippen molar-refractivity contribution in [1.82, 2.24) is 14.8 Å². The molecule has 4 rings (SSSR count). The third kappa shape index (κ3) is 4.37. The highest BCUT2D eigenvalue weighted by molar-refractivity contribution is 7.09. The van der Waals surface area contributed by atoms with Crippen LogP contribution in [0.3, 0.4) is 0 Å². The third-order valence-corrected chi connectivity index (χ3v) is 5.72. The van der Waals surface area contributed by atoms with Gasteiger partial charge >= 0.3 is 0 Å². The van der Waals surface area contributed by atoms with Crippen molar-refractivity contribution in [2.24, 2.45) is 5.92 Å². The topological polar surface area (TPSA) is 45.7 Å². The molecule has 1 saturated carbocycles. The number of amides is 1. The molecule has 0 atom stereocenters. The molecule has 2 aliphatic rings. The molecule has 0 bridgehead atoms. The molecule has 0 radical (unpaired) electrons. The number of hydrogen-bond donors (Lipinski definition) is 0. The maximum atomic E-state index is 12.1. The number of carbonyl (C=O) groups is 1. The van der Waals surface area contributed by atoms with E-state index in [1.165, 1.54) is 0 Å². The molecule has 0 spiro atoms. The molecule has 1 saturated heterocycles. The van der Waals surface area contributed by atoms with Gasteiger partial charge in [0.1, 0.15) is 10.8 Å². The fraction of sp³-hybridized carbons (Fsp3) is 0.474. The molecule has 1 aliphatic heterocycles. The van der Waals surface area contributed by atoms with Crippen molar-refractivity contribution in [2.45, 2.75) is 19.4 Å². The summed E-state index contributed by atoms with van der Waals surface area (Å²) in [6.07, 6.45) is 2.18. The zero-order valence-electron chi connectivity index (χ0n) is 14.9. The number of carbonyl (C=O) groups excluding carboxylic acids is 1. The molecule has 0 unspecified atom stereocenters. The van der Waals surface area contributed by atoms with E-state index in [9.17, 15) is 4.79 Å². The third-order valence-electron chi connectivity index (χ3n) is 4.89. The number of ether oxygens (including phenoxy) is 1. The zero-order chi connectivity index (χ0) is 17.2. The largest absolute Gasteiger partial charge is 0.497 e. The average Bonchev–Trinajstić information content (AvgIpc) is 3.41. The second-order valence-electron chi connectivity index (χ2n) is 6.73. The Bertz CT molecular complexity index is 755. The second kappa shape index (κ2) is 8.37. The van der Waals surface area contributed by atoms with Gasteiger partial charge in [-0.3, -0.25) is 9.69 Å². The number of thiazole rings is 1. The van der Waals surface area contributed by atoms with Gasteiger partial charge in [0, 0.05) is 43.0 Å². The number of nitrogens with zero attached hydrogens (tertiary/aromatic N) is 3. The first-order chi connectivity index (χ1) is 12.2. The van der Waals surface area contributed by atoms with Crippen LogP contribution in [0.5, 0.6) is 5.75 Å². The number of aromatic nitrogens is 1. The molecule has 5 nitrogen and oxygen atoms in total. The van der Waals surface area contributed by atoms with Crippen LogP contribution in [0.4, 0.5) is 0 Å². The summed E-state index contributed by atoms with van der Waals surface area (Å²) < 4.78 is 5.29. The SMILES string of the molecule is COc1cccc(-c2csc(CN3CCN(C(=O)C4CC4)CC3)n2)c1.Cl. The minimum Gasteiger partial charge on any atom is -0.497 e. The van der Waals surface area contributed by atoms with Crippen LogP contribution in [0.15, 0.2) is 29.6 Å². The van der Waals surface area contributed by atoms with Gasteiger partial charge in [-0.25, -0.2) is 4.98 Å². The van der Waals surface area contributed by atoms with Crippen molar-refractivity contribution in [3.8, 4) is 17.0 Å². The van der Waals surface area contributed by atoms with E-state index in [1.807, 2.05) is 23.1 Å². The first-order valence-electron chi connectivity index (χ1n) is 8.83. The summed E-state index contributed by atoms with van der Waals surface area (Å²) in [6, 6.07) is 8.01. The van der Waals surface area contributed by atoms with E-state index in [1.54, 1.807) is 18.4 Å². The monoisotopic (exact) mass is 393 g/mol. The fourth-order valence-corrected chi connectivity index (χ4v) is 4.05. The van der Waals surface area contributed by atoms with E-state index in [0.717, 1.165) is 67.6 Å². The number of benzene rings is 1. The van der Waals surface area contributed by atoms with Crippen molar-refractivity contribution in [1.29, 1.82) is 0 Å². The van der Waals surface area contributed by atoms with Crippen molar-refractivity contribution in [2.75, 3.05) is 33.3 Å². The quantitative estimate of drug-likeness (QED) is 0.781. The van der Waals surface area contributed by atoms with Crippen LogP contribution in [-0.2, 0) is 11.3 Å². The molecule has 0 N–H and O–H groups in total. The highest BCUT2D eigenvalue weighted by Gasteiger charge is 2.34. The Hall–Kier alpha value is -1.63. The molecule has 1 aliphatic carbocycles. The first-order valence-corrected chi connectivity index (χ1v) is 9.71. The van der Waals surface area contributed by atoms with Crippen LogP contribution in [0.25, 0.3) is 11.3 Å². The summed E-state index contributed by atoms with van der Waals surface area (Å²) in [4.78, 5) is 21.3. The van der Waals surface area contributed by atoms with E-state index in [0.29, 0.717) is 11.8 Å². The summed E-state index contributed by atoms with van der Waals surface area (Å²) in [7, 11) is 1.68.